The van der Waals surface area contributed by atoms with Crippen molar-refractivity contribution in [3.05, 3.63) is 61.5 Å². The summed E-state index contributed by atoms with van der Waals surface area (Å²) < 4.78 is 0. The molecule has 0 saturated heterocycles. The lowest BCUT2D eigenvalue weighted by atomic mass is 9.97. The molecule has 2 heterocycles. The van der Waals surface area contributed by atoms with Crippen LogP contribution >= 0.6 is 22.9 Å². The van der Waals surface area contributed by atoms with Crippen LogP contribution in [0.15, 0.2) is 29.1 Å². The van der Waals surface area contributed by atoms with E-state index in [1.165, 1.54) is 16.9 Å². The molecule has 1 aliphatic carbocycles. The molecule has 0 aliphatic heterocycles. The Morgan fingerprint density at radius 3 is 3.00 bits per heavy atom. The first-order chi connectivity index (χ1) is 13.5. The summed E-state index contributed by atoms with van der Waals surface area (Å²) in [5, 5.41) is 4.37. The van der Waals surface area contributed by atoms with Crippen molar-refractivity contribution in [2.45, 2.75) is 51.5 Å². The molecule has 1 aromatic carbocycles. The summed E-state index contributed by atoms with van der Waals surface area (Å²) in [7, 11) is 0. The van der Waals surface area contributed by atoms with E-state index in [0.29, 0.717) is 17.3 Å². The highest BCUT2D eigenvalue weighted by Crippen LogP contribution is 2.33. The molecular weight excluding hydrogens is 394 g/mol. The van der Waals surface area contributed by atoms with E-state index in [9.17, 15) is 9.59 Å². The average Bonchev–Trinajstić information content (AvgIpc) is 3.05. The number of fused-ring (bicyclic) bond motifs is 3. The lowest BCUT2D eigenvalue weighted by Crippen LogP contribution is -2.27. The van der Waals surface area contributed by atoms with Gasteiger partial charge in [-0.05, 0) is 55.9 Å². The number of aryl methyl sites for hydroxylation is 3. The number of nitrogens with zero attached hydrogens (tertiary/aromatic N) is 1. The highest BCUT2D eigenvalue weighted by atomic mass is 35.5. The molecule has 1 amide bonds. The quantitative estimate of drug-likeness (QED) is 0.651. The number of H-pyrrole nitrogens is 1. The Morgan fingerprint density at radius 1 is 1.36 bits per heavy atom. The third-order valence-electron chi connectivity index (χ3n) is 5.19. The van der Waals surface area contributed by atoms with Gasteiger partial charge in [0.25, 0.3) is 5.56 Å². The van der Waals surface area contributed by atoms with Crippen molar-refractivity contribution in [2.24, 2.45) is 0 Å². The van der Waals surface area contributed by atoms with Crippen LogP contribution in [0.3, 0.4) is 0 Å². The van der Waals surface area contributed by atoms with Gasteiger partial charge < -0.3 is 10.3 Å². The maximum absolute atomic E-state index is 12.6. The molecule has 1 atom stereocenters. The van der Waals surface area contributed by atoms with Gasteiger partial charge in [-0.1, -0.05) is 23.7 Å². The number of amides is 1. The van der Waals surface area contributed by atoms with E-state index in [0.717, 1.165) is 35.0 Å². The summed E-state index contributed by atoms with van der Waals surface area (Å²) in [5.74, 6) is 0.488. The second-order valence-electron chi connectivity index (χ2n) is 7.25. The van der Waals surface area contributed by atoms with Gasteiger partial charge in [-0.3, -0.25) is 9.59 Å². The van der Waals surface area contributed by atoms with Gasteiger partial charge in [-0.15, -0.1) is 11.3 Å². The number of halogens is 1. The monoisotopic (exact) mass is 415 g/mol. The molecule has 28 heavy (non-hydrogen) atoms. The Kier molecular flexibility index (Phi) is 5.51. The highest BCUT2D eigenvalue weighted by molar-refractivity contribution is 7.18. The van der Waals surface area contributed by atoms with E-state index in [2.05, 4.69) is 15.3 Å². The molecule has 0 radical (unpaired) electrons. The SMILES string of the molecule is CC(NC(=O)CCc1nc2sc3c(c2c(=O)[nH]1)CCCC3)c1cccc(Cl)c1. The number of carbonyl (C=O) groups excluding carboxylic acids is 1. The van der Waals surface area contributed by atoms with Crippen LogP contribution in [-0.2, 0) is 24.1 Å². The van der Waals surface area contributed by atoms with Gasteiger partial charge >= 0.3 is 0 Å². The molecule has 146 valence electrons. The van der Waals surface area contributed by atoms with Gasteiger partial charge in [0.05, 0.1) is 11.4 Å². The summed E-state index contributed by atoms with van der Waals surface area (Å²) in [6.07, 6.45) is 4.98. The molecule has 3 aromatic rings. The lowest BCUT2D eigenvalue weighted by Gasteiger charge is -2.14. The van der Waals surface area contributed by atoms with Crippen LogP contribution in [0.1, 0.15) is 54.1 Å². The molecule has 1 aliphatic rings. The van der Waals surface area contributed by atoms with Gasteiger partial charge in [0.2, 0.25) is 5.91 Å². The second-order valence-corrected chi connectivity index (χ2v) is 8.77. The van der Waals surface area contributed by atoms with Gasteiger partial charge in [0, 0.05) is 22.7 Å². The highest BCUT2D eigenvalue weighted by Gasteiger charge is 2.20. The van der Waals surface area contributed by atoms with Crippen LogP contribution < -0.4 is 10.9 Å². The first-order valence-electron chi connectivity index (χ1n) is 9.59. The van der Waals surface area contributed by atoms with E-state index in [1.54, 1.807) is 17.4 Å². The van der Waals surface area contributed by atoms with E-state index in [1.807, 2.05) is 25.1 Å². The van der Waals surface area contributed by atoms with E-state index in [4.69, 9.17) is 11.6 Å². The zero-order valence-corrected chi connectivity index (χ0v) is 17.3. The van der Waals surface area contributed by atoms with Crippen LogP contribution in [-0.4, -0.2) is 15.9 Å². The maximum Gasteiger partial charge on any atom is 0.259 e. The fourth-order valence-corrected chi connectivity index (χ4v) is 5.21. The fraction of sp³-hybridized carbons (Fsp3) is 0.381. The fourth-order valence-electron chi connectivity index (χ4n) is 3.73. The van der Waals surface area contributed by atoms with Crippen molar-refractivity contribution < 1.29 is 4.79 Å². The summed E-state index contributed by atoms with van der Waals surface area (Å²) in [5.41, 5.74) is 2.06. The van der Waals surface area contributed by atoms with Crippen molar-refractivity contribution in [3.63, 3.8) is 0 Å². The van der Waals surface area contributed by atoms with Crippen molar-refractivity contribution in [3.8, 4) is 0 Å². The summed E-state index contributed by atoms with van der Waals surface area (Å²) >= 11 is 7.64. The standard InChI is InChI=1S/C21H22ClN3O2S/c1-12(13-5-4-6-14(22)11-13)23-18(26)10-9-17-24-20(27)19-15-7-2-3-8-16(15)28-21(19)25-17/h4-6,11-12H,2-3,7-10H2,1H3,(H,23,26)(H,24,25,27). The summed E-state index contributed by atoms with van der Waals surface area (Å²) in [6, 6.07) is 7.32. The lowest BCUT2D eigenvalue weighted by molar-refractivity contribution is -0.121. The maximum atomic E-state index is 12.6. The molecular formula is C21H22ClN3O2S. The van der Waals surface area contributed by atoms with Gasteiger partial charge in [-0.25, -0.2) is 4.98 Å². The molecule has 7 heteroatoms. The average molecular weight is 416 g/mol. The smallest absolute Gasteiger partial charge is 0.259 e. The first-order valence-corrected chi connectivity index (χ1v) is 10.8. The Labute approximate surface area is 172 Å². The number of aromatic amines is 1. The summed E-state index contributed by atoms with van der Waals surface area (Å²) in [4.78, 5) is 34.5. The third-order valence-corrected chi connectivity index (χ3v) is 6.61. The van der Waals surface area contributed by atoms with Crippen molar-refractivity contribution in [1.29, 1.82) is 0 Å². The molecule has 0 saturated carbocycles. The number of carbonyl (C=O) groups is 1. The molecule has 0 bridgehead atoms. The van der Waals surface area contributed by atoms with Crippen LogP contribution in [0.25, 0.3) is 10.2 Å². The molecule has 0 fully saturated rings. The molecule has 2 aromatic heterocycles. The second kappa shape index (κ2) is 8.05. The minimum absolute atomic E-state index is 0.0768. The van der Waals surface area contributed by atoms with Crippen molar-refractivity contribution in [2.75, 3.05) is 0 Å². The molecule has 1 unspecified atom stereocenters. The first kappa shape index (κ1) is 19.2. The predicted octanol–water partition coefficient (Wildman–Crippen LogP) is 4.33. The Bertz CT molecular complexity index is 1090. The number of hydrogen-bond donors (Lipinski definition) is 2. The minimum atomic E-state index is -0.135. The Morgan fingerprint density at radius 2 is 2.18 bits per heavy atom. The minimum Gasteiger partial charge on any atom is -0.350 e. The summed E-state index contributed by atoms with van der Waals surface area (Å²) in [6.45, 7) is 1.92. The molecule has 0 spiro atoms. The van der Waals surface area contributed by atoms with Crippen LogP contribution in [0.2, 0.25) is 5.02 Å². The Hall–Kier alpha value is -2.18. The van der Waals surface area contributed by atoms with Crippen LogP contribution in [0, 0.1) is 0 Å². The van der Waals surface area contributed by atoms with Gasteiger partial charge in [0.15, 0.2) is 0 Å². The third kappa shape index (κ3) is 3.98. The molecule has 4 rings (SSSR count). The zero-order chi connectivity index (χ0) is 19.7. The number of benzene rings is 1. The zero-order valence-electron chi connectivity index (χ0n) is 15.7. The van der Waals surface area contributed by atoms with Gasteiger partial charge in [-0.2, -0.15) is 0 Å². The van der Waals surface area contributed by atoms with Gasteiger partial charge in [0.1, 0.15) is 10.7 Å². The Balaban J connectivity index is 1.44. The van der Waals surface area contributed by atoms with Crippen LogP contribution in [0.5, 0.6) is 0 Å². The van der Waals surface area contributed by atoms with E-state index >= 15 is 0 Å². The molecule has 5 nitrogen and oxygen atoms in total. The van der Waals surface area contributed by atoms with Crippen LogP contribution in [0.4, 0.5) is 0 Å². The number of thiophene rings is 1. The number of hydrogen-bond acceptors (Lipinski definition) is 4. The molecule has 2 N–H and O–H groups in total. The normalized spacial score (nSPS) is 14.6. The number of rotatable bonds is 5. The van der Waals surface area contributed by atoms with E-state index < -0.39 is 0 Å². The van der Waals surface area contributed by atoms with E-state index in [-0.39, 0.29) is 23.9 Å². The van der Waals surface area contributed by atoms with Crippen molar-refractivity contribution in [1.82, 2.24) is 15.3 Å². The largest absolute Gasteiger partial charge is 0.350 e. The topological polar surface area (TPSA) is 74.8 Å². The van der Waals surface area contributed by atoms with Crippen molar-refractivity contribution >= 4 is 39.1 Å². The predicted molar refractivity (Wildman–Crippen MR) is 113 cm³/mol. The number of nitrogens with one attached hydrogen (secondary N) is 2. The number of aromatic nitrogens is 2.